The molecule has 5 heteroatoms. The van der Waals surface area contributed by atoms with Crippen molar-refractivity contribution in [1.29, 1.82) is 0 Å². The van der Waals surface area contributed by atoms with E-state index in [2.05, 4.69) is 12.2 Å². The number of aliphatic hydroxyl groups excluding tert-OH is 1. The van der Waals surface area contributed by atoms with Crippen molar-refractivity contribution >= 4 is 0 Å². The normalized spacial score (nSPS) is 16.4. The first kappa shape index (κ1) is 14.1. The zero-order valence-corrected chi connectivity index (χ0v) is 11.3. The summed E-state index contributed by atoms with van der Waals surface area (Å²) >= 11 is 0. The van der Waals surface area contributed by atoms with E-state index in [9.17, 15) is 0 Å². The monoisotopic (exact) mass is 266 g/mol. The highest BCUT2D eigenvalue weighted by Crippen LogP contribution is 2.34. The van der Waals surface area contributed by atoms with Gasteiger partial charge in [0.1, 0.15) is 0 Å². The van der Waals surface area contributed by atoms with Gasteiger partial charge in [0, 0.05) is 25.2 Å². The molecule has 0 saturated carbocycles. The number of nitrogens with one attached hydrogen (secondary N) is 1. The molecule has 0 radical (unpaired) electrons. The molecule has 2 unspecified atom stereocenters. The van der Waals surface area contributed by atoms with Crippen LogP contribution in [-0.2, 0) is 0 Å². The van der Waals surface area contributed by atoms with Crippen molar-refractivity contribution in [3.63, 3.8) is 0 Å². The maximum absolute atomic E-state index is 8.85. The lowest BCUT2D eigenvalue weighted by Gasteiger charge is -2.22. The summed E-state index contributed by atoms with van der Waals surface area (Å²) in [5.41, 5.74) is 6.94. The summed E-state index contributed by atoms with van der Waals surface area (Å²) in [6.07, 6.45) is 1.73. The molecule has 4 N–H and O–H groups in total. The number of ether oxygens (including phenoxy) is 2. The first-order chi connectivity index (χ1) is 9.24. The number of benzene rings is 1. The third-order valence-electron chi connectivity index (χ3n) is 3.32. The molecule has 0 aliphatic carbocycles. The molecule has 0 saturated heterocycles. The van der Waals surface area contributed by atoms with Crippen LogP contribution in [0, 0.1) is 0 Å². The minimum Gasteiger partial charge on any atom is -0.454 e. The molecule has 106 valence electrons. The SMILES string of the molecule is CC(CCCO)NC(CN)c1ccc2c(c1)OCO2. The van der Waals surface area contributed by atoms with E-state index in [1.807, 2.05) is 18.2 Å². The Morgan fingerprint density at radius 3 is 2.89 bits per heavy atom. The minimum atomic E-state index is 0.0863. The van der Waals surface area contributed by atoms with Gasteiger partial charge in [-0.1, -0.05) is 6.07 Å². The fourth-order valence-corrected chi connectivity index (χ4v) is 2.25. The van der Waals surface area contributed by atoms with Gasteiger partial charge in [-0.05, 0) is 37.5 Å². The molecule has 1 heterocycles. The van der Waals surface area contributed by atoms with Crippen molar-refractivity contribution in [2.75, 3.05) is 19.9 Å². The van der Waals surface area contributed by atoms with Gasteiger partial charge in [-0.3, -0.25) is 0 Å². The number of rotatable bonds is 7. The summed E-state index contributed by atoms with van der Waals surface area (Å²) in [6, 6.07) is 6.30. The predicted molar refractivity (Wildman–Crippen MR) is 73.3 cm³/mol. The van der Waals surface area contributed by atoms with Crippen molar-refractivity contribution < 1.29 is 14.6 Å². The van der Waals surface area contributed by atoms with Gasteiger partial charge in [0.15, 0.2) is 11.5 Å². The topological polar surface area (TPSA) is 76.7 Å². The number of hydrogen-bond acceptors (Lipinski definition) is 5. The number of fused-ring (bicyclic) bond motifs is 1. The molecule has 0 bridgehead atoms. The van der Waals surface area contributed by atoms with Crippen molar-refractivity contribution in [3.05, 3.63) is 23.8 Å². The summed E-state index contributed by atoms with van der Waals surface area (Å²) in [6.45, 7) is 3.13. The van der Waals surface area contributed by atoms with Crippen molar-refractivity contribution in [1.82, 2.24) is 5.32 Å². The Balaban J connectivity index is 2.00. The van der Waals surface area contributed by atoms with E-state index in [4.69, 9.17) is 20.3 Å². The van der Waals surface area contributed by atoms with Gasteiger partial charge < -0.3 is 25.6 Å². The summed E-state index contributed by atoms with van der Waals surface area (Å²) in [5.74, 6) is 1.56. The van der Waals surface area contributed by atoms with Crippen LogP contribution in [0.1, 0.15) is 31.4 Å². The summed E-state index contributed by atoms with van der Waals surface area (Å²) in [5, 5.41) is 12.3. The highest BCUT2D eigenvalue weighted by molar-refractivity contribution is 5.45. The molecule has 1 aromatic carbocycles. The summed E-state index contributed by atoms with van der Waals surface area (Å²) in [4.78, 5) is 0. The van der Waals surface area contributed by atoms with Crippen LogP contribution < -0.4 is 20.5 Å². The lowest BCUT2D eigenvalue weighted by molar-refractivity contribution is 0.174. The predicted octanol–water partition coefficient (Wildman–Crippen LogP) is 1.17. The van der Waals surface area contributed by atoms with Gasteiger partial charge in [-0.15, -0.1) is 0 Å². The highest BCUT2D eigenvalue weighted by Gasteiger charge is 2.18. The molecule has 5 nitrogen and oxygen atoms in total. The number of hydrogen-bond donors (Lipinski definition) is 3. The number of aliphatic hydroxyl groups is 1. The first-order valence-electron chi connectivity index (χ1n) is 6.71. The van der Waals surface area contributed by atoms with E-state index < -0.39 is 0 Å². The first-order valence-corrected chi connectivity index (χ1v) is 6.71. The van der Waals surface area contributed by atoms with Gasteiger partial charge in [0.05, 0.1) is 0 Å². The molecule has 2 rings (SSSR count). The van der Waals surface area contributed by atoms with Crippen molar-refractivity contribution in [3.8, 4) is 11.5 Å². The minimum absolute atomic E-state index is 0.0863. The van der Waals surface area contributed by atoms with Crippen LogP contribution in [0.3, 0.4) is 0 Å². The third-order valence-corrected chi connectivity index (χ3v) is 3.32. The molecule has 0 fully saturated rings. The zero-order valence-electron chi connectivity index (χ0n) is 11.3. The van der Waals surface area contributed by atoms with E-state index in [1.54, 1.807) is 0 Å². The van der Waals surface area contributed by atoms with Crippen LogP contribution in [0.2, 0.25) is 0 Å². The Kier molecular flexibility index (Phi) is 5.01. The Morgan fingerprint density at radius 1 is 1.37 bits per heavy atom. The Hall–Kier alpha value is -1.30. The lowest BCUT2D eigenvalue weighted by atomic mass is 10.0. The van der Waals surface area contributed by atoms with E-state index in [0.29, 0.717) is 12.6 Å². The van der Waals surface area contributed by atoms with E-state index >= 15 is 0 Å². The van der Waals surface area contributed by atoms with E-state index in [-0.39, 0.29) is 19.4 Å². The molecule has 1 aromatic rings. The third kappa shape index (κ3) is 3.59. The number of nitrogens with two attached hydrogens (primary N) is 1. The standard InChI is InChI=1S/C14H22N2O3/c1-10(3-2-6-17)16-12(8-15)11-4-5-13-14(7-11)19-9-18-13/h4-5,7,10,12,16-17H,2-3,6,8-9,15H2,1H3. The van der Waals surface area contributed by atoms with Gasteiger partial charge in [0.25, 0.3) is 0 Å². The van der Waals surface area contributed by atoms with Crippen molar-refractivity contribution in [2.24, 2.45) is 5.73 Å². The molecule has 2 atom stereocenters. The van der Waals surface area contributed by atoms with Crippen LogP contribution in [0.5, 0.6) is 11.5 Å². The molecular weight excluding hydrogens is 244 g/mol. The molecule has 19 heavy (non-hydrogen) atoms. The molecular formula is C14H22N2O3. The zero-order chi connectivity index (χ0) is 13.7. The lowest BCUT2D eigenvalue weighted by Crippen LogP contribution is -2.35. The molecule has 1 aliphatic heterocycles. The van der Waals surface area contributed by atoms with E-state index in [0.717, 1.165) is 29.9 Å². The average Bonchev–Trinajstić information content (AvgIpc) is 2.89. The van der Waals surface area contributed by atoms with Crippen LogP contribution >= 0.6 is 0 Å². The average molecular weight is 266 g/mol. The van der Waals surface area contributed by atoms with Crippen molar-refractivity contribution in [2.45, 2.75) is 31.8 Å². The van der Waals surface area contributed by atoms with Crippen LogP contribution in [0.4, 0.5) is 0 Å². The second kappa shape index (κ2) is 6.75. The van der Waals surface area contributed by atoms with Gasteiger partial charge in [-0.25, -0.2) is 0 Å². The van der Waals surface area contributed by atoms with Gasteiger partial charge >= 0.3 is 0 Å². The molecule has 1 aliphatic rings. The molecule has 0 amide bonds. The fourth-order valence-electron chi connectivity index (χ4n) is 2.25. The second-order valence-corrected chi connectivity index (χ2v) is 4.83. The van der Waals surface area contributed by atoms with Gasteiger partial charge in [0.2, 0.25) is 6.79 Å². The van der Waals surface area contributed by atoms with Gasteiger partial charge in [-0.2, -0.15) is 0 Å². The Morgan fingerprint density at radius 2 is 2.16 bits per heavy atom. The molecule has 0 aromatic heterocycles. The van der Waals surface area contributed by atoms with Crippen LogP contribution in [0.25, 0.3) is 0 Å². The van der Waals surface area contributed by atoms with E-state index in [1.165, 1.54) is 0 Å². The summed E-state index contributed by atoms with van der Waals surface area (Å²) < 4.78 is 10.7. The quantitative estimate of drug-likeness (QED) is 0.690. The maximum Gasteiger partial charge on any atom is 0.231 e. The van der Waals surface area contributed by atoms with Crippen LogP contribution in [-0.4, -0.2) is 31.1 Å². The summed E-state index contributed by atoms with van der Waals surface area (Å²) in [7, 11) is 0. The van der Waals surface area contributed by atoms with Crippen LogP contribution in [0.15, 0.2) is 18.2 Å². The fraction of sp³-hybridized carbons (Fsp3) is 0.571. The Bertz CT molecular complexity index is 412. The largest absolute Gasteiger partial charge is 0.454 e. The second-order valence-electron chi connectivity index (χ2n) is 4.83. The smallest absolute Gasteiger partial charge is 0.231 e. The maximum atomic E-state index is 8.85. The Labute approximate surface area is 113 Å². The highest BCUT2D eigenvalue weighted by atomic mass is 16.7. The molecule has 0 spiro atoms.